The van der Waals surface area contributed by atoms with Crippen LogP contribution >= 0.6 is 11.3 Å². The molecule has 0 radical (unpaired) electrons. The molecule has 1 aliphatic carbocycles. The number of rotatable bonds is 3. The van der Waals surface area contributed by atoms with Gasteiger partial charge in [0.25, 0.3) is 5.91 Å². The minimum Gasteiger partial charge on any atom is -0.338 e. The Morgan fingerprint density at radius 3 is 2.47 bits per heavy atom. The highest BCUT2D eigenvalue weighted by atomic mass is 32.1. The Kier molecular flexibility index (Phi) is 5.03. The van der Waals surface area contributed by atoms with E-state index in [9.17, 15) is 4.79 Å². The lowest BCUT2D eigenvalue weighted by molar-refractivity contribution is 0.0722. The molecular formula is C16H25NOS. The van der Waals surface area contributed by atoms with E-state index in [0.717, 1.165) is 11.3 Å². The number of hydrogen-bond donors (Lipinski definition) is 0. The summed E-state index contributed by atoms with van der Waals surface area (Å²) >= 11 is 1.65. The van der Waals surface area contributed by atoms with E-state index in [4.69, 9.17) is 0 Å². The second-order valence-corrected chi connectivity index (χ2v) is 6.86. The van der Waals surface area contributed by atoms with Crippen molar-refractivity contribution in [2.24, 2.45) is 0 Å². The minimum atomic E-state index is 0.222. The molecule has 2 nitrogen and oxygen atoms in total. The summed E-state index contributed by atoms with van der Waals surface area (Å²) in [6, 6.07) is 2.54. The van der Waals surface area contributed by atoms with Crippen molar-refractivity contribution in [1.82, 2.24) is 4.90 Å². The first-order valence-corrected chi connectivity index (χ1v) is 8.31. The van der Waals surface area contributed by atoms with Crippen molar-refractivity contribution in [3.63, 3.8) is 0 Å². The molecule has 0 aliphatic heterocycles. The molecule has 0 atom stereocenters. The fourth-order valence-corrected chi connectivity index (χ4v) is 4.06. The average Bonchev–Trinajstić information content (AvgIpc) is 2.64. The van der Waals surface area contributed by atoms with Crippen molar-refractivity contribution in [3.05, 3.63) is 21.4 Å². The summed E-state index contributed by atoms with van der Waals surface area (Å²) in [5.41, 5.74) is 1.32. The number of thiophene rings is 1. The van der Waals surface area contributed by atoms with Crippen molar-refractivity contribution >= 4 is 17.2 Å². The predicted octanol–water partition coefficient (Wildman–Crippen LogP) is 4.41. The van der Waals surface area contributed by atoms with Crippen LogP contribution < -0.4 is 0 Å². The molecular weight excluding hydrogens is 254 g/mol. The Balaban J connectivity index is 2.08. The highest BCUT2D eigenvalue weighted by Gasteiger charge is 2.23. The van der Waals surface area contributed by atoms with Crippen LogP contribution in [0.15, 0.2) is 6.07 Å². The van der Waals surface area contributed by atoms with Gasteiger partial charge in [-0.15, -0.1) is 11.3 Å². The third-order valence-corrected chi connectivity index (χ3v) is 5.39. The smallest absolute Gasteiger partial charge is 0.263 e. The van der Waals surface area contributed by atoms with E-state index in [2.05, 4.69) is 19.9 Å². The fourth-order valence-electron chi connectivity index (χ4n) is 2.96. The lowest BCUT2D eigenvalue weighted by atomic mass is 10.1. The number of aryl methyl sites for hydroxylation is 2. The largest absolute Gasteiger partial charge is 0.338 e. The summed E-state index contributed by atoms with van der Waals surface area (Å²) in [5, 5.41) is 0. The zero-order valence-electron chi connectivity index (χ0n) is 12.4. The maximum absolute atomic E-state index is 12.6. The van der Waals surface area contributed by atoms with E-state index in [-0.39, 0.29) is 5.91 Å². The maximum atomic E-state index is 12.6. The summed E-state index contributed by atoms with van der Waals surface area (Å²) < 4.78 is 0. The molecule has 0 N–H and O–H groups in total. The molecule has 0 bridgehead atoms. The number of hydrogen-bond acceptors (Lipinski definition) is 2. The zero-order valence-corrected chi connectivity index (χ0v) is 13.2. The van der Waals surface area contributed by atoms with Gasteiger partial charge in [-0.05, 0) is 37.8 Å². The van der Waals surface area contributed by atoms with E-state index in [1.54, 1.807) is 11.3 Å². The van der Waals surface area contributed by atoms with E-state index >= 15 is 0 Å². The monoisotopic (exact) mass is 279 g/mol. The summed E-state index contributed by atoms with van der Waals surface area (Å²) in [6.45, 7) is 4.27. The molecule has 1 heterocycles. The number of carbonyl (C=O) groups excluding carboxylic acids is 1. The van der Waals surface area contributed by atoms with Crippen LogP contribution in [-0.4, -0.2) is 23.9 Å². The first-order chi connectivity index (χ1) is 9.13. The van der Waals surface area contributed by atoms with Crippen molar-refractivity contribution < 1.29 is 4.79 Å². The molecule has 106 valence electrons. The lowest BCUT2D eigenvalue weighted by Crippen LogP contribution is -2.36. The summed E-state index contributed by atoms with van der Waals surface area (Å²) in [6.07, 6.45) is 8.56. The average molecular weight is 279 g/mol. The van der Waals surface area contributed by atoms with Gasteiger partial charge in [-0.2, -0.15) is 0 Å². The third-order valence-electron chi connectivity index (χ3n) is 4.31. The first kappa shape index (κ1) is 14.6. The van der Waals surface area contributed by atoms with Crippen LogP contribution in [0.25, 0.3) is 0 Å². The van der Waals surface area contributed by atoms with Gasteiger partial charge < -0.3 is 4.90 Å². The van der Waals surface area contributed by atoms with Gasteiger partial charge in [-0.1, -0.05) is 32.6 Å². The van der Waals surface area contributed by atoms with E-state index in [1.165, 1.54) is 49.0 Å². The van der Waals surface area contributed by atoms with Crippen molar-refractivity contribution in [1.29, 1.82) is 0 Å². The summed E-state index contributed by atoms with van der Waals surface area (Å²) in [4.78, 5) is 16.8. The van der Waals surface area contributed by atoms with Gasteiger partial charge in [0.1, 0.15) is 0 Å². The van der Waals surface area contributed by atoms with Crippen LogP contribution in [0, 0.1) is 6.92 Å². The molecule has 0 aromatic carbocycles. The quantitative estimate of drug-likeness (QED) is 0.750. The minimum absolute atomic E-state index is 0.222. The normalized spacial score (nSPS) is 17.2. The highest BCUT2D eigenvalue weighted by Crippen LogP contribution is 2.26. The van der Waals surface area contributed by atoms with Crippen LogP contribution in [0.1, 0.15) is 65.6 Å². The predicted molar refractivity (Wildman–Crippen MR) is 82.0 cm³/mol. The van der Waals surface area contributed by atoms with Gasteiger partial charge in [0, 0.05) is 18.0 Å². The van der Waals surface area contributed by atoms with Crippen molar-refractivity contribution in [2.75, 3.05) is 7.05 Å². The molecule has 3 heteroatoms. The molecule has 1 amide bonds. The molecule has 1 aromatic rings. The molecule has 2 rings (SSSR count). The van der Waals surface area contributed by atoms with Crippen molar-refractivity contribution in [3.8, 4) is 0 Å². The van der Waals surface area contributed by atoms with Gasteiger partial charge >= 0.3 is 0 Å². The molecule has 1 fully saturated rings. The second kappa shape index (κ2) is 6.56. The Hall–Kier alpha value is -0.830. The highest BCUT2D eigenvalue weighted by molar-refractivity contribution is 7.14. The Morgan fingerprint density at radius 2 is 1.95 bits per heavy atom. The van der Waals surface area contributed by atoms with E-state index < -0.39 is 0 Å². The standard InChI is InChI=1S/C16H25NOS/c1-4-13-11-15(19-12(13)2)16(18)17(3)14-9-7-5-6-8-10-14/h11,14H,4-10H2,1-3H3. The third kappa shape index (κ3) is 3.38. The summed E-state index contributed by atoms with van der Waals surface area (Å²) in [5.74, 6) is 0.222. The van der Waals surface area contributed by atoms with Crippen LogP contribution in [0.2, 0.25) is 0 Å². The molecule has 1 aromatic heterocycles. The van der Waals surface area contributed by atoms with Crippen LogP contribution in [0.4, 0.5) is 0 Å². The van der Waals surface area contributed by atoms with E-state index in [1.807, 2.05) is 11.9 Å². The van der Waals surface area contributed by atoms with Gasteiger partial charge in [-0.3, -0.25) is 4.79 Å². The first-order valence-electron chi connectivity index (χ1n) is 7.50. The Morgan fingerprint density at radius 1 is 1.32 bits per heavy atom. The molecule has 1 aliphatic rings. The zero-order chi connectivity index (χ0) is 13.8. The fraction of sp³-hybridized carbons (Fsp3) is 0.688. The number of carbonyl (C=O) groups is 1. The topological polar surface area (TPSA) is 20.3 Å². The molecule has 0 saturated heterocycles. The van der Waals surface area contributed by atoms with Gasteiger partial charge in [0.2, 0.25) is 0 Å². The van der Waals surface area contributed by atoms with Crippen LogP contribution in [0.5, 0.6) is 0 Å². The maximum Gasteiger partial charge on any atom is 0.263 e. The van der Waals surface area contributed by atoms with Gasteiger partial charge in [0.15, 0.2) is 0 Å². The molecule has 0 spiro atoms. The number of nitrogens with zero attached hydrogens (tertiary/aromatic N) is 1. The van der Waals surface area contributed by atoms with Crippen molar-refractivity contribution in [2.45, 2.75) is 64.8 Å². The van der Waals surface area contributed by atoms with Crippen LogP contribution in [-0.2, 0) is 6.42 Å². The van der Waals surface area contributed by atoms with E-state index in [0.29, 0.717) is 6.04 Å². The lowest BCUT2D eigenvalue weighted by Gasteiger charge is -2.26. The SMILES string of the molecule is CCc1cc(C(=O)N(C)C2CCCCCC2)sc1C. The Labute approximate surface area is 120 Å². The van der Waals surface area contributed by atoms with Gasteiger partial charge in [0.05, 0.1) is 4.88 Å². The van der Waals surface area contributed by atoms with Crippen LogP contribution in [0.3, 0.4) is 0 Å². The summed E-state index contributed by atoms with van der Waals surface area (Å²) in [7, 11) is 1.99. The molecule has 0 unspecified atom stereocenters. The molecule has 19 heavy (non-hydrogen) atoms. The Bertz CT molecular complexity index is 430. The number of amides is 1. The van der Waals surface area contributed by atoms with Gasteiger partial charge in [-0.25, -0.2) is 0 Å². The second-order valence-electron chi connectivity index (χ2n) is 5.61. The molecule has 1 saturated carbocycles.